The molecule has 0 bridgehead atoms. The summed E-state index contributed by atoms with van der Waals surface area (Å²) in [7, 11) is 1.48. The molecular formula is C21H30ClN3O4. The van der Waals surface area contributed by atoms with Crippen LogP contribution < -0.4 is 10.6 Å². The van der Waals surface area contributed by atoms with Crippen molar-refractivity contribution in [2.24, 2.45) is 0 Å². The third kappa shape index (κ3) is 7.57. The predicted molar refractivity (Wildman–Crippen MR) is 113 cm³/mol. The monoisotopic (exact) mass is 423 g/mol. The van der Waals surface area contributed by atoms with E-state index in [9.17, 15) is 14.4 Å². The molecule has 3 amide bonds. The van der Waals surface area contributed by atoms with Crippen LogP contribution in [0.25, 0.3) is 0 Å². The molecule has 0 heterocycles. The lowest BCUT2D eigenvalue weighted by atomic mass is 9.95. The summed E-state index contributed by atoms with van der Waals surface area (Å²) in [5.74, 6) is -0.650. The number of ether oxygens (including phenoxy) is 1. The number of halogens is 1. The molecule has 2 N–H and O–H groups in total. The van der Waals surface area contributed by atoms with Crippen molar-refractivity contribution >= 4 is 35.2 Å². The van der Waals surface area contributed by atoms with Crippen LogP contribution in [0.15, 0.2) is 18.2 Å². The van der Waals surface area contributed by atoms with E-state index in [2.05, 4.69) is 10.6 Å². The topological polar surface area (TPSA) is 87.7 Å². The van der Waals surface area contributed by atoms with Gasteiger partial charge >= 0.3 is 6.09 Å². The first kappa shape index (κ1) is 23.0. The van der Waals surface area contributed by atoms with Gasteiger partial charge in [-0.2, -0.15) is 0 Å². The Morgan fingerprint density at radius 1 is 1.17 bits per heavy atom. The molecular weight excluding hydrogens is 394 g/mol. The highest BCUT2D eigenvalue weighted by Gasteiger charge is 2.22. The molecule has 0 spiro atoms. The highest BCUT2D eigenvalue weighted by atomic mass is 35.5. The second-order valence-corrected chi connectivity index (χ2v) is 8.79. The van der Waals surface area contributed by atoms with Crippen LogP contribution in [0.5, 0.6) is 0 Å². The first-order valence-corrected chi connectivity index (χ1v) is 10.3. The summed E-state index contributed by atoms with van der Waals surface area (Å²) in [6, 6.07) is 4.90. The summed E-state index contributed by atoms with van der Waals surface area (Å²) in [4.78, 5) is 38.0. The van der Waals surface area contributed by atoms with Crippen molar-refractivity contribution in [1.29, 1.82) is 0 Å². The number of hydrogen-bond acceptors (Lipinski definition) is 4. The quantitative estimate of drug-likeness (QED) is 0.742. The number of carbonyl (C=O) groups excluding carboxylic acids is 3. The molecule has 0 radical (unpaired) electrons. The molecule has 1 aromatic carbocycles. The van der Waals surface area contributed by atoms with Gasteiger partial charge in [0.05, 0.1) is 10.6 Å². The van der Waals surface area contributed by atoms with Gasteiger partial charge in [-0.1, -0.05) is 30.9 Å². The zero-order valence-electron chi connectivity index (χ0n) is 17.5. The van der Waals surface area contributed by atoms with E-state index >= 15 is 0 Å². The number of likely N-dealkylation sites (N-methyl/N-ethyl adjacent to an activating group) is 1. The predicted octanol–water partition coefficient (Wildman–Crippen LogP) is 4.21. The fraction of sp³-hybridized carbons (Fsp3) is 0.571. The molecule has 1 fully saturated rings. The van der Waals surface area contributed by atoms with Gasteiger partial charge in [0.25, 0.3) is 5.91 Å². The summed E-state index contributed by atoms with van der Waals surface area (Å²) < 4.78 is 5.23. The van der Waals surface area contributed by atoms with Crippen LogP contribution in [0.4, 0.5) is 10.5 Å². The van der Waals surface area contributed by atoms with Crippen molar-refractivity contribution < 1.29 is 19.1 Å². The minimum Gasteiger partial charge on any atom is -0.444 e. The molecule has 0 aliphatic heterocycles. The first-order chi connectivity index (χ1) is 13.5. The molecule has 8 heteroatoms. The van der Waals surface area contributed by atoms with Crippen molar-refractivity contribution in [2.75, 3.05) is 18.9 Å². The van der Waals surface area contributed by atoms with Crippen molar-refractivity contribution in [3.63, 3.8) is 0 Å². The smallest absolute Gasteiger partial charge is 0.410 e. The maximum absolute atomic E-state index is 12.6. The van der Waals surface area contributed by atoms with Crippen molar-refractivity contribution in [1.82, 2.24) is 10.2 Å². The third-order valence-corrected chi connectivity index (χ3v) is 4.85. The number of amides is 3. The van der Waals surface area contributed by atoms with Gasteiger partial charge in [-0.3, -0.25) is 9.59 Å². The Kier molecular flexibility index (Phi) is 7.90. The van der Waals surface area contributed by atoms with E-state index in [1.165, 1.54) is 18.4 Å². The molecule has 0 aromatic heterocycles. The van der Waals surface area contributed by atoms with Crippen LogP contribution in [0.1, 0.15) is 63.2 Å². The molecule has 1 saturated carbocycles. The van der Waals surface area contributed by atoms with Crippen molar-refractivity contribution in [2.45, 2.75) is 64.5 Å². The third-order valence-electron chi connectivity index (χ3n) is 4.52. The molecule has 29 heavy (non-hydrogen) atoms. The second-order valence-electron chi connectivity index (χ2n) is 8.39. The summed E-state index contributed by atoms with van der Waals surface area (Å²) in [6.07, 6.45) is 4.77. The molecule has 0 saturated heterocycles. The van der Waals surface area contributed by atoms with E-state index in [1.54, 1.807) is 39.0 Å². The molecule has 0 unspecified atom stereocenters. The Labute approximate surface area is 177 Å². The lowest BCUT2D eigenvalue weighted by Gasteiger charge is -2.24. The molecule has 7 nitrogen and oxygen atoms in total. The molecule has 160 valence electrons. The van der Waals surface area contributed by atoms with Gasteiger partial charge in [-0.25, -0.2) is 4.79 Å². The van der Waals surface area contributed by atoms with Gasteiger partial charge in [0, 0.05) is 18.8 Å². The van der Waals surface area contributed by atoms with Crippen LogP contribution in [0, 0.1) is 0 Å². The highest BCUT2D eigenvalue weighted by molar-refractivity contribution is 6.34. The van der Waals surface area contributed by atoms with E-state index in [-0.39, 0.29) is 18.5 Å². The lowest BCUT2D eigenvalue weighted by Crippen LogP contribution is -2.38. The summed E-state index contributed by atoms with van der Waals surface area (Å²) in [5.41, 5.74) is 0.111. The Balaban J connectivity index is 1.96. The number of hydrogen-bond donors (Lipinski definition) is 2. The maximum atomic E-state index is 12.6. The van der Waals surface area contributed by atoms with E-state index < -0.39 is 17.6 Å². The van der Waals surface area contributed by atoms with E-state index in [0.717, 1.165) is 25.7 Å². The SMILES string of the molecule is CN(CC(=O)Nc1ccc(Cl)c(C(=O)NC2CCCCC2)c1)C(=O)OC(C)(C)C. The number of carbonyl (C=O) groups is 3. The van der Waals surface area contributed by atoms with Gasteiger partial charge < -0.3 is 20.3 Å². The minimum atomic E-state index is -0.640. The average Bonchev–Trinajstić information content (AvgIpc) is 2.62. The van der Waals surface area contributed by atoms with Crippen molar-refractivity contribution in [3.05, 3.63) is 28.8 Å². The number of rotatable bonds is 5. The normalized spacial score (nSPS) is 14.8. The molecule has 2 rings (SSSR count). The van der Waals surface area contributed by atoms with Crippen LogP contribution in [0.2, 0.25) is 5.02 Å². The Bertz CT molecular complexity index is 755. The largest absolute Gasteiger partial charge is 0.444 e. The number of anilines is 1. The minimum absolute atomic E-state index is 0.160. The number of nitrogens with one attached hydrogen (secondary N) is 2. The van der Waals surface area contributed by atoms with E-state index in [4.69, 9.17) is 16.3 Å². The Morgan fingerprint density at radius 2 is 1.83 bits per heavy atom. The zero-order valence-corrected chi connectivity index (χ0v) is 18.3. The van der Waals surface area contributed by atoms with Gasteiger partial charge in [-0.15, -0.1) is 0 Å². The van der Waals surface area contributed by atoms with Crippen LogP contribution in [-0.4, -0.2) is 48.0 Å². The molecule has 1 aliphatic rings. The fourth-order valence-electron chi connectivity index (χ4n) is 3.11. The van der Waals surface area contributed by atoms with Gasteiger partial charge in [0.15, 0.2) is 0 Å². The molecule has 0 atom stereocenters. The highest BCUT2D eigenvalue weighted by Crippen LogP contribution is 2.23. The van der Waals surface area contributed by atoms with Crippen LogP contribution in [-0.2, 0) is 9.53 Å². The van der Waals surface area contributed by atoms with Gasteiger partial charge in [0.1, 0.15) is 12.1 Å². The zero-order chi connectivity index (χ0) is 21.6. The second kappa shape index (κ2) is 9.96. The summed E-state index contributed by atoms with van der Waals surface area (Å²) in [6.45, 7) is 5.09. The van der Waals surface area contributed by atoms with Crippen LogP contribution in [0.3, 0.4) is 0 Å². The van der Waals surface area contributed by atoms with Crippen molar-refractivity contribution in [3.8, 4) is 0 Å². The number of benzene rings is 1. The van der Waals surface area contributed by atoms with E-state index in [0.29, 0.717) is 16.3 Å². The standard InChI is InChI=1S/C21H30ClN3O4/c1-21(2,3)29-20(28)25(4)13-18(26)23-15-10-11-17(22)16(12-15)19(27)24-14-8-6-5-7-9-14/h10-12,14H,5-9,13H2,1-4H3,(H,23,26)(H,24,27). The Morgan fingerprint density at radius 3 is 2.45 bits per heavy atom. The molecule has 1 aliphatic carbocycles. The Hall–Kier alpha value is -2.28. The average molecular weight is 424 g/mol. The first-order valence-electron chi connectivity index (χ1n) is 9.89. The number of nitrogens with zero attached hydrogens (tertiary/aromatic N) is 1. The molecule has 1 aromatic rings. The van der Waals surface area contributed by atoms with E-state index in [1.807, 2.05) is 0 Å². The van der Waals surface area contributed by atoms with Gasteiger partial charge in [-0.05, 0) is 51.8 Å². The maximum Gasteiger partial charge on any atom is 0.410 e. The van der Waals surface area contributed by atoms with Crippen LogP contribution >= 0.6 is 11.6 Å². The summed E-state index contributed by atoms with van der Waals surface area (Å²) >= 11 is 6.19. The fourth-order valence-corrected chi connectivity index (χ4v) is 3.31. The van der Waals surface area contributed by atoms with Gasteiger partial charge in [0.2, 0.25) is 5.91 Å². The lowest BCUT2D eigenvalue weighted by molar-refractivity contribution is -0.117. The summed E-state index contributed by atoms with van der Waals surface area (Å²) in [5, 5.41) is 6.03.